The summed E-state index contributed by atoms with van der Waals surface area (Å²) in [5.74, 6) is 0.646. The lowest BCUT2D eigenvalue weighted by Crippen LogP contribution is -2.15. The largest absolute Gasteiger partial charge is 0.423 e. The molecule has 0 atom stereocenters. The molecule has 6 nitrogen and oxygen atoms in total. The highest BCUT2D eigenvalue weighted by atomic mass is 16.5. The molecule has 0 amide bonds. The first kappa shape index (κ1) is 19.7. The van der Waals surface area contributed by atoms with Crippen LogP contribution in [0.2, 0.25) is 0 Å². The molecule has 0 saturated carbocycles. The number of hydrogen-bond donors (Lipinski definition) is 1. The minimum Gasteiger partial charge on any atom is -0.423 e. The molecule has 1 N–H and O–H groups in total. The van der Waals surface area contributed by atoms with Crippen LogP contribution in [0.25, 0.3) is 17.0 Å². The Kier molecular flexibility index (Phi) is 5.77. The molecule has 0 aliphatic rings. The highest BCUT2D eigenvalue weighted by molar-refractivity contribution is 5.63. The molecule has 6 heteroatoms. The fourth-order valence-corrected chi connectivity index (χ4v) is 3.12. The Morgan fingerprint density at radius 1 is 1.10 bits per heavy atom. The molecule has 4 aromatic rings. The van der Waals surface area contributed by atoms with Crippen molar-refractivity contribution >= 4 is 11.7 Å². The highest BCUT2D eigenvalue weighted by Crippen LogP contribution is 2.27. The number of aromatic nitrogens is 2. The van der Waals surface area contributed by atoms with Gasteiger partial charge >= 0.3 is 0 Å². The third-order valence-electron chi connectivity index (χ3n) is 4.77. The van der Waals surface area contributed by atoms with Gasteiger partial charge in [0.15, 0.2) is 5.76 Å². The van der Waals surface area contributed by atoms with Crippen molar-refractivity contribution < 1.29 is 9.15 Å². The fraction of sp³-hybridized carbons (Fsp3) is 0.167. The minimum absolute atomic E-state index is 0.0710. The fourth-order valence-electron chi connectivity index (χ4n) is 3.12. The van der Waals surface area contributed by atoms with Gasteiger partial charge in [0, 0.05) is 35.8 Å². The topological polar surface area (TPSA) is 69.3 Å². The Bertz CT molecular complexity index is 1190. The van der Waals surface area contributed by atoms with Gasteiger partial charge in [0.25, 0.3) is 11.6 Å². The molecule has 0 spiro atoms. The van der Waals surface area contributed by atoms with E-state index in [0.717, 1.165) is 28.1 Å². The number of pyridine rings is 1. The van der Waals surface area contributed by atoms with Gasteiger partial charge in [-0.05, 0) is 61.4 Å². The molecule has 0 aliphatic carbocycles. The van der Waals surface area contributed by atoms with Gasteiger partial charge in [-0.3, -0.25) is 9.36 Å². The van der Waals surface area contributed by atoms with Crippen molar-refractivity contribution in [2.75, 3.05) is 11.9 Å². The number of ether oxygens (including phenoxy) is 1. The Morgan fingerprint density at radius 2 is 1.93 bits per heavy atom. The minimum atomic E-state index is -0.0710. The van der Waals surface area contributed by atoms with Gasteiger partial charge < -0.3 is 14.5 Å². The van der Waals surface area contributed by atoms with Crippen molar-refractivity contribution in [3.8, 4) is 17.0 Å². The summed E-state index contributed by atoms with van der Waals surface area (Å²) in [4.78, 5) is 16.3. The van der Waals surface area contributed by atoms with Crippen LogP contribution in [0.3, 0.4) is 0 Å². The second-order valence-corrected chi connectivity index (χ2v) is 6.90. The van der Waals surface area contributed by atoms with E-state index in [2.05, 4.69) is 16.4 Å². The Morgan fingerprint density at radius 3 is 2.70 bits per heavy atom. The summed E-state index contributed by atoms with van der Waals surface area (Å²) in [5, 5.41) is 3.25. The van der Waals surface area contributed by atoms with Crippen LogP contribution in [0, 0.1) is 6.92 Å². The molecule has 0 aliphatic heterocycles. The van der Waals surface area contributed by atoms with Crippen molar-refractivity contribution in [3.63, 3.8) is 0 Å². The van der Waals surface area contributed by atoms with Crippen LogP contribution in [0.5, 0.6) is 0 Å². The van der Waals surface area contributed by atoms with Crippen LogP contribution in [-0.2, 0) is 11.3 Å². The lowest BCUT2D eigenvalue weighted by Gasteiger charge is -2.09. The Labute approximate surface area is 174 Å². The van der Waals surface area contributed by atoms with Gasteiger partial charge in [-0.15, -0.1) is 0 Å². The van der Waals surface area contributed by atoms with Crippen molar-refractivity contribution in [1.29, 1.82) is 0 Å². The average molecular weight is 401 g/mol. The molecule has 2 aromatic heterocycles. The summed E-state index contributed by atoms with van der Waals surface area (Å²) < 4.78 is 13.0. The van der Waals surface area contributed by atoms with Crippen molar-refractivity contribution in [3.05, 3.63) is 94.5 Å². The van der Waals surface area contributed by atoms with Crippen LogP contribution < -0.4 is 10.9 Å². The number of anilines is 2. The van der Waals surface area contributed by atoms with E-state index in [-0.39, 0.29) is 5.56 Å². The summed E-state index contributed by atoms with van der Waals surface area (Å²) >= 11 is 0. The summed E-state index contributed by atoms with van der Waals surface area (Å²) in [7, 11) is 0. The summed E-state index contributed by atoms with van der Waals surface area (Å²) in [6, 6.07) is 19.2. The zero-order valence-electron chi connectivity index (χ0n) is 17.0. The van der Waals surface area contributed by atoms with E-state index < -0.39 is 0 Å². The average Bonchev–Trinajstić information content (AvgIpc) is 3.23. The lowest BCUT2D eigenvalue weighted by molar-refractivity contribution is 0.134. The van der Waals surface area contributed by atoms with Gasteiger partial charge in [0.1, 0.15) is 0 Å². The second-order valence-electron chi connectivity index (χ2n) is 6.90. The van der Waals surface area contributed by atoms with E-state index in [1.807, 2.05) is 56.3 Å². The van der Waals surface area contributed by atoms with Crippen LogP contribution >= 0.6 is 0 Å². The van der Waals surface area contributed by atoms with E-state index >= 15 is 0 Å². The molecule has 152 valence electrons. The van der Waals surface area contributed by atoms with Crippen LogP contribution in [0.4, 0.5) is 11.7 Å². The summed E-state index contributed by atoms with van der Waals surface area (Å²) in [6.07, 6.45) is 3.43. The van der Waals surface area contributed by atoms with Gasteiger partial charge in [-0.2, -0.15) is 0 Å². The van der Waals surface area contributed by atoms with Crippen LogP contribution in [0.1, 0.15) is 18.1 Å². The highest BCUT2D eigenvalue weighted by Gasteiger charge is 2.09. The van der Waals surface area contributed by atoms with E-state index in [0.29, 0.717) is 25.0 Å². The van der Waals surface area contributed by atoms with E-state index in [4.69, 9.17) is 9.15 Å². The number of hydrogen-bond acceptors (Lipinski definition) is 5. The first-order valence-corrected chi connectivity index (χ1v) is 9.82. The first-order valence-electron chi connectivity index (χ1n) is 9.82. The number of oxazole rings is 1. The number of nitrogens with zero attached hydrogens (tertiary/aromatic N) is 2. The van der Waals surface area contributed by atoms with Gasteiger partial charge in [0.2, 0.25) is 0 Å². The zero-order chi connectivity index (χ0) is 20.9. The molecule has 0 radical (unpaired) electrons. The maximum atomic E-state index is 12.0. The zero-order valence-corrected chi connectivity index (χ0v) is 17.0. The van der Waals surface area contributed by atoms with Crippen LogP contribution in [0.15, 0.2) is 82.3 Å². The molecule has 2 aromatic carbocycles. The molecular weight excluding hydrogens is 378 g/mol. The van der Waals surface area contributed by atoms with Crippen LogP contribution in [-0.4, -0.2) is 16.2 Å². The smallest absolute Gasteiger partial charge is 0.299 e. The van der Waals surface area contributed by atoms with Crippen molar-refractivity contribution in [2.45, 2.75) is 20.5 Å². The molecule has 0 bridgehead atoms. The molecule has 30 heavy (non-hydrogen) atoms. The van der Waals surface area contributed by atoms with Crippen molar-refractivity contribution in [1.82, 2.24) is 9.55 Å². The quantitative estimate of drug-likeness (QED) is 0.468. The molecule has 0 unspecified atom stereocenters. The van der Waals surface area contributed by atoms with E-state index in [1.54, 1.807) is 23.0 Å². The maximum absolute atomic E-state index is 12.0. The van der Waals surface area contributed by atoms with Crippen molar-refractivity contribution in [2.24, 2.45) is 0 Å². The summed E-state index contributed by atoms with van der Waals surface area (Å²) in [5.41, 5.74) is 4.71. The second kappa shape index (κ2) is 8.80. The maximum Gasteiger partial charge on any atom is 0.299 e. The molecule has 4 rings (SSSR count). The normalized spacial score (nSPS) is 10.9. The number of aryl methyl sites for hydroxylation is 1. The number of benzene rings is 2. The molecule has 0 fully saturated rings. The third-order valence-corrected chi connectivity index (χ3v) is 4.77. The Hall–Kier alpha value is -3.64. The lowest BCUT2D eigenvalue weighted by atomic mass is 10.1. The predicted octanol–water partition coefficient (Wildman–Crippen LogP) is 5.08. The van der Waals surface area contributed by atoms with Gasteiger partial charge in [0.05, 0.1) is 12.8 Å². The van der Waals surface area contributed by atoms with E-state index in [9.17, 15) is 4.79 Å². The first-order chi connectivity index (χ1) is 14.6. The molecule has 0 saturated heterocycles. The summed E-state index contributed by atoms with van der Waals surface area (Å²) in [6.45, 7) is 5.25. The SMILES string of the molecule is CCOCc1ccc(C)c(Nc2ncc(-c3ccc(-n4ccccc4=O)cc3)o2)c1. The molecule has 2 heterocycles. The van der Waals surface area contributed by atoms with E-state index in [1.165, 1.54) is 6.07 Å². The monoisotopic (exact) mass is 401 g/mol. The molecular formula is C24H23N3O3. The third kappa shape index (κ3) is 4.34. The predicted molar refractivity (Wildman–Crippen MR) is 117 cm³/mol. The Balaban J connectivity index is 1.52. The standard InChI is InChI=1S/C24H23N3O3/c1-3-29-16-18-8-7-17(2)21(14-18)26-24-25-15-22(30-24)19-9-11-20(12-10-19)27-13-5-4-6-23(27)28/h4-15H,3,16H2,1-2H3,(H,25,26). The van der Waals surface area contributed by atoms with Gasteiger partial charge in [-0.1, -0.05) is 18.2 Å². The number of rotatable bonds is 7. The van der Waals surface area contributed by atoms with Gasteiger partial charge in [-0.25, -0.2) is 4.98 Å². The number of nitrogens with one attached hydrogen (secondary N) is 1.